The van der Waals surface area contributed by atoms with Gasteiger partial charge in [-0.25, -0.2) is 0 Å². The third kappa shape index (κ3) is 4.50. The van der Waals surface area contributed by atoms with E-state index in [1.807, 2.05) is 51.3 Å². The molecule has 164 valence electrons. The maximum absolute atomic E-state index is 13.6. The first kappa shape index (κ1) is 23.4. The second kappa shape index (κ2) is 10.3. The third-order valence-corrected chi connectivity index (χ3v) is 5.29. The van der Waals surface area contributed by atoms with Crippen molar-refractivity contribution in [1.29, 1.82) is 0 Å². The van der Waals surface area contributed by atoms with Gasteiger partial charge in [0.25, 0.3) is 5.91 Å². The van der Waals surface area contributed by atoms with Gasteiger partial charge in [-0.15, -0.1) is 0 Å². The van der Waals surface area contributed by atoms with E-state index in [-0.39, 0.29) is 17.3 Å². The summed E-state index contributed by atoms with van der Waals surface area (Å²) in [6, 6.07) is 6.95. The molecular weight excluding hydrogens is 380 g/mol. The van der Waals surface area contributed by atoms with Crippen molar-refractivity contribution in [1.82, 2.24) is 9.78 Å². The molecule has 0 fully saturated rings. The highest BCUT2D eigenvalue weighted by Crippen LogP contribution is 2.28. The Labute approximate surface area is 179 Å². The first-order valence-electron chi connectivity index (χ1n) is 10.7. The van der Waals surface area contributed by atoms with E-state index in [1.165, 1.54) is 4.68 Å². The van der Waals surface area contributed by atoms with Gasteiger partial charge in [0, 0.05) is 37.7 Å². The molecule has 0 N–H and O–H groups in total. The molecule has 2 rings (SSSR count). The van der Waals surface area contributed by atoms with E-state index in [0.717, 1.165) is 0 Å². The lowest BCUT2D eigenvalue weighted by Gasteiger charge is -2.31. The Hall–Kier alpha value is -2.83. The fourth-order valence-corrected chi connectivity index (χ4v) is 3.53. The van der Waals surface area contributed by atoms with Gasteiger partial charge in [-0.2, -0.15) is 9.78 Å². The monoisotopic (exact) mass is 414 g/mol. The van der Waals surface area contributed by atoms with Crippen LogP contribution in [0.5, 0.6) is 5.75 Å². The van der Waals surface area contributed by atoms with E-state index in [2.05, 4.69) is 5.10 Å². The van der Waals surface area contributed by atoms with E-state index in [9.17, 15) is 9.59 Å². The number of carbonyl (C=O) groups excluding carboxylic acids is 1. The van der Waals surface area contributed by atoms with Crippen LogP contribution in [-0.2, 0) is 0 Å². The number of aromatic nitrogens is 2. The Kier molecular flexibility index (Phi) is 8.03. The normalized spacial score (nSPS) is 10.9. The van der Waals surface area contributed by atoms with Crippen molar-refractivity contribution in [2.75, 3.05) is 43.1 Å². The minimum absolute atomic E-state index is 0.102. The summed E-state index contributed by atoms with van der Waals surface area (Å²) in [4.78, 5) is 31.0. The Morgan fingerprint density at radius 2 is 1.53 bits per heavy atom. The molecule has 1 aromatic heterocycles. The van der Waals surface area contributed by atoms with Gasteiger partial charge in [0.05, 0.1) is 7.11 Å². The number of nitrogens with zero attached hydrogens (tertiary/aromatic N) is 4. The molecule has 0 radical (unpaired) electrons. The fraction of sp³-hybridized carbons (Fsp3) is 0.522. The summed E-state index contributed by atoms with van der Waals surface area (Å²) in [5.74, 6) is 0.858. The van der Waals surface area contributed by atoms with E-state index in [1.54, 1.807) is 31.4 Å². The maximum Gasteiger partial charge on any atom is 0.280 e. The standard InChI is InChI=1S/C23H34N4O3/c1-8-25(9-2)20-21(28)19(16(5)6)24-27(22(20)26(10-3)11-4)23(29)17-12-14-18(30-7)15-13-17/h12-16H,8-11H2,1-7H3. The molecule has 1 aromatic carbocycles. The van der Waals surface area contributed by atoms with Crippen LogP contribution in [0.25, 0.3) is 0 Å². The number of methoxy groups -OCH3 is 1. The Bertz CT molecular complexity index is 911. The van der Waals surface area contributed by atoms with Crippen LogP contribution in [0.3, 0.4) is 0 Å². The molecule has 1 heterocycles. The number of ether oxygens (including phenoxy) is 1. The lowest BCUT2D eigenvalue weighted by Crippen LogP contribution is -2.39. The highest BCUT2D eigenvalue weighted by atomic mass is 16.5. The lowest BCUT2D eigenvalue weighted by atomic mass is 10.1. The molecule has 0 aliphatic rings. The Balaban J connectivity index is 2.87. The fourth-order valence-electron chi connectivity index (χ4n) is 3.53. The first-order valence-corrected chi connectivity index (χ1v) is 10.7. The zero-order valence-electron chi connectivity index (χ0n) is 19.2. The van der Waals surface area contributed by atoms with Crippen molar-refractivity contribution in [3.8, 4) is 5.75 Å². The second-order valence-corrected chi connectivity index (χ2v) is 7.33. The number of rotatable bonds is 9. The molecular formula is C23H34N4O3. The van der Waals surface area contributed by atoms with E-state index >= 15 is 0 Å². The van der Waals surface area contributed by atoms with Crippen molar-refractivity contribution in [3.05, 3.63) is 45.7 Å². The maximum atomic E-state index is 13.6. The minimum atomic E-state index is -0.269. The molecule has 0 saturated carbocycles. The number of benzene rings is 1. The van der Waals surface area contributed by atoms with Crippen molar-refractivity contribution in [2.24, 2.45) is 0 Å². The van der Waals surface area contributed by atoms with Crippen LogP contribution in [0.2, 0.25) is 0 Å². The smallest absolute Gasteiger partial charge is 0.280 e. The predicted molar refractivity (Wildman–Crippen MR) is 122 cm³/mol. The van der Waals surface area contributed by atoms with Crippen molar-refractivity contribution < 1.29 is 9.53 Å². The van der Waals surface area contributed by atoms with Crippen LogP contribution >= 0.6 is 0 Å². The van der Waals surface area contributed by atoms with Gasteiger partial charge in [0.15, 0.2) is 5.82 Å². The highest BCUT2D eigenvalue weighted by molar-refractivity contribution is 5.98. The number of hydrogen-bond acceptors (Lipinski definition) is 6. The molecule has 0 atom stereocenters. The van der Waals surface area contributed by atoms with Crippen LogP contribution in [-0.4, -0.2) is 49.0 Å². The van der Waals surface area contributed by atoms with Gasteiger partial charge in [-0.3, -0.25) is 9.59 Å². The number of anilines is 2. The minimum Gasteiger partial charge on any atom is -0.497 e. The van der Waals surface area contributed by atoms with Gasteiger partial charge in [0.2, 0.25) is 5.43 Å². The summed E-state index contributed by atoms with van der Waals surface area (Å²) >= 11 is 0. The van der Waals surface area contributed by atoms with Crippen molar-refractivity contribution in [2.45, 2.75) is 47.5 Å². The van der Waals surface area contributed by atoms with E-state index in [4.69, 9.17) is 4.74 Å². The Morgan fingerprint density at radius 3 is 1.97 bits per heavy atom. The Morgan fingerprint density at radius 1 is 1.00 bits per heavy atom. The summed E-state index contributed by atoms with van der Waals surface area (Å²) in [6.45, 7) is 14.5. The zero-order chi connectivity index (χ0) is 22.4. The third-order valence-electron chi connectivity index (χ3n) is 5.29. The predicted octanol–water partition coefficient (Wildman–Crippen LogP) is 3.76. The molecule has 0 bridgehead atoms. The molecule has 0 spiro atoms. The van der Waals surface area contributed by atoms with Crippen LogP contribution in [0.1, 0.15) is 63.5 Å². The quantitative estimate of drug-likeness (QED) is 0.622. The van der Waals surface area contributed by atoms with E-state index in [0.29, 0.717) is 54.7 Å². The molecule has 0 saturated heterocycles. The average molecular weight is 415 g/mol. The summed E-state index contributed by atoms with van der Waals surface area (Å²) in [5, 5.41) is 4.57. The molecule has 0 unspecified atom stereocenters. The molecule has 0 aliphatic carbocycles. The molecule has 7 nitrogen and oxygen atoms in total. The number of carbonyl (C=O) groups is 1. The summed E-state index contributed by atoms with van der Waals surface area (Å²) < 4.78 is 6.62. The van der Waals surface area contributed by atoms with Crippen molar-refractivity contribution >= 4 is 17.4 Å². The van der Waals surface area contributed by atoms with Gasteiger partial charge in [0.1, 0.15) is 17.1 Å². The molecule has 2 aromatic rings. The topological polar surface area (TPSA) is 67.7 Å². The average Bonchev–Trinajstić information content (AvgIpc) is 2.76. The van der Waals surface area contributed by atoms with Gasteiger partial charge in [-0.05, 0) is 52.0 Å². The number of hydrogen-bond donors (Lipinski definition) is 0. The molecule has 0 amide bonds. The summed E-state index contributed by atoms with van der Waals surface area (Å²) in [7, 11) is 1.59. The highest BCUT2D eigenvalue weighted by Gasteiger charge is 2.28. The molecule has 7 heteroatoms. The molecule has 30 heavy (non-hydrogen) atoms. The summed E-state index contributed by atoms with van der Waals surface area (Å²) in [6.07, 6.45) is 0. The van der Waals surface area contributed by atoms with Crippen LogP contribution < -0.4 is 20.0 Å². The van der Waals surface area contributed by atoms with Crippen LogP contribution in [0, 0.1) is 0 Å². The van der Waals surface area contributed by atoms with Gasteiger partial charge >= 0.3 is 0 Å². The van der Waals surface area contributed by atoms with Crippen molar-refractivity contribution in [3.63, 3.8) is 0 Å². The van der Waals surface area contributed by atoms with Gasteiger partial charge < -0.3 is 14.5 Å². The van der Waals surface area contributed by atoms with Crippen LogP contribution in [0.15, 0.2) is 29.1 Å². The lowest BCUT2D eigenvalue weighted by molar-refractivity contribution is 0.0943. The molecule has 0 aliphatic heterocycles. The zero-order valence-corrected chi connectivity index (χ0v) is 19.2. The van der Waals surface area contributed by atoms with E-state index < -0.39 is 0 Å². The first-order chi connectivity index (χ1) is 14.3. The summed E-state index contributed by atoms with van der Waals surface area (Å²) in [5.41, 5.74) is 1.33. The van der Waals surface area contributed by atoms with Crippen LogP contribution in [0.4, 0.5) is 11.5 Å². The van der Waals surface area contributed by atoms with Gasteiger partial charge in [-0.1, -0.05) is 13.8 Å². The second-order valence-electron chi connectivity index (χ2n) is 7.33. The SMILES string of the molecule is CCN(CC)c1c(N(CC)CC)n(C(=O)c2ccc(OC)cc2)nc(C(C)C)c1=O. The largest absolute Gasteiger partial charge is 0.497 e.